The summed E-state index contributed by atoms with van der Waals surface area (Å²) >= 11 is 1.26. The molecule has 0 aliphatic carbocycles. The molecule has 168 valence electrons. The normalized spacial score (nSPS) is 11.2. The molecular weight excluding hydrogens is 448 g/mol. The van der Waals surface area contributed by atoms with Crippen LogP contribution >= 0.6 is 11.3 Å². The number of ether oxygens (including phenoxy) is 1. The molecule has 1 heterocycles. The van der Waals surface area contributed by atoms with E-state index in [9.17, 15) is 14.4 Å². The van der Waals surface area contributed by atoms with Gasteiger partial charge in [-0.3, -0.25) is 9.59 Å². The minimum Gasteiger partial charge on any atom is -0.462 e. The summed E-state index contributed by atoms with van der Waals surface area (Å²) in [7, 11) is 0. The van der Waals surface area contributed by atoms with Gasteiger partial charge in [0.1, 0.15) is 0 Å². The zero-order chi connectivity index (χ0) is 24.1. The van der Waals surface area contributed by atoms with Crippen molar-refractivity contribution in [3.05, 3.63) is 99.9 Å². The van der Waals surface area contributed by atoms with Crippen LogP contribution in [0.1, 0.15) is 43.6 Å². The smallest absolute Gasteiger partial charge is 0.338 e. The van der Waals surface area contributed by atoms with E-state index in [0.717, 1.165) is 10.2 Å². The molecule has 1 amide bonds. The second kappa shape index (κ2) is 10.1. The fourth-order valence-electron chi connectivity index (χ4n) is 3.42. The lowest BCUT2D eigenvalue weighted by Crippen LogP contribution is -2.16. The number of terminal acetylenes is 1. The minimum absolute atomic E-state index is 0.120. The lowest BCUT2D eigenvalue weighted by molar-refractivity contribution is 0.0526. The maximum atomic E-state index is 12.9. The molecule has 0 atom stereocenters. The van der Waals surface area contributed by atoms with E-state index >= 15 is 0 Å². The zero-order valence-corrected chi connectivity index (χ0v) is 19.2. The first kappa shape index (κ1) is 22.9. The summed E-state index contributed by atoms with van der Waals surface area (Å²) in [6, 6.07) is 20.5. The molecular formula is C27H20N2O4S. The lowest BCUT2D eigenvalue weighted by atomic mass is 10.0. The summed E-state index contributed by atoms with van der Waals surface area (Å²) < 4.78 is 7.57. The number of amides is 1. The molecule has 0 aliphatic rings. The van der Waals surface area contributed by atoms with Gasteiger partial charge in [0.05, 0.1) is 28.9 Å². The number of hydrogen-bond donors (Lipinski definition) is 0. The van der Waals surface area contributed by atoms with Crippen molar-refractivity contribution in [3.63, 3.8) is 0 Å². The lowest BCUT2D eigenvalue weighted by Gasteiger charge is -2.03. The number of benzene rings is 3. The fourth-order valence-corrected chi connectivity index (χ4v) is 4.48. The predicted molar refractivity (Wildman–Crippen MR) is 131 cm³/mol. The molecule has 3 aromatic carbocycles. The van der Waals surface area contributed by atoms with E-state index in [0.29, 0.717) is 27.1 Å². The largest absolute Gasteiger partial charge is 0.462 e. The Morgan fingerprint density at radius 1 is 0.941 bits per heavy atom. The number of aromatic nitrogens is 1. The van der Waals surface area contributed by atoms with Gasteiger partial charge in [0, 0.05) is 16.7 Å². The molecule has 7 heteroatoms. The van der Waals surface area contributed by atoms with Gasteiger partial charge in [-0.1, -0.05) is 59.7 Å². The van der Waals surface area contributed by atoms with Gasteiger partial charge in [0.15, 0.2) is 10.6 Å². The number of fused-ring (bicyclic) bond motifs is 1. The van der Waals surface area contributed by atoms with Crippen molar-refractivity contribution in [2.24, 2.45) is 4.99 Å². The molecule has 0 unspecified atom stereocenters. The Kier molecular flexibility index (Phi) is 6.81. The summed E-state index contributed by atoms with van der Waals surface area (Å²) in [6.45, 7) is 2.24. The van der Waals surface area contributed by atoms with Gasteiger partial charge in [0.2, 0.25) is 0 Å². The molecule has 34 heavy (non-hydrogen) atoms. The number of ketones is 1. The summed E-state index contributed by atoms with van der Waals surface area (Å²) in [4.78, 5) is 42.2. The molecule has 0 saturated carbocycles. The average Bonchev–Trinajstić information content (AvgIpc) is 3.20. The van der Waals surface area contributed by atoms with Crippen molar-refractivity contribution >= 4 is 39.2 Å². The van der Waals surface area contributed by atoms with Crippen LogP contribution in [-0.4, -0.2) is 28.8 Å². The van der Waals surface area contributed by atoms with Crippen LogP contribution in [0.2, 0.25) is 0 Å². The van der Waals surface area contributed by atoms with E-state index in [1.54, 1.807) is 78.2 Å². The minimum atomic E-state index is -0.457. The summed E-state index contributed by atoms with van der Waals surface area (Å²) in [6.07, 6.45) is 5.53. The average molecular weight is 469 g/mol. The van der Waals surface area contributed by atoms with E-state index in [2.05, 4.69) is 10.9 Å². The van der Waals surface area contributed by atoms with Gasteiger partial charge in [-0.05, 0) is 37.3 Å². The Bertz CT molecular complexity index is 1490. The Labute approximate surface area is 200 Å². The molecule has 0 spiro atoms. The van der Waals surface area contributed by atoms with Gasteiger partial charge in [-0.25, -0.2) is 4.79 Å². The number of esters is 1. The number of carbonyl (C=O) groups is 3. The summed E-state index contributed by atoms with van der Waals surface area (Å²) in [5, 5.41) is 0. The van der Waals surface area contributed by atoms with Crippen LogP contribution in [0, 0.1) is 12.3 Å². The van der Waals surface area contributed by atoms with Crippen LogP contribution in [0.15, 0.2) is 77.8 Å². The zero-order valence-electron chi connectivity index (χ0n) is 18.4. The maximum absolute atomic E-state index is 12.9. The molecule has 6 nitrogen and oxygen atoms in total. The van der Waals surface area contributed by atoms with Crippen molar-refractivity contribution in [1.82, 2.24) is 4.57 Å². The van der Waals surface area contributed by atoms with Crippen LogP contribution in [0.25, 0.3) is 10.2 Å². The Morgan fingerprint density at radius 3 is 2.26 bits per heavy atom. The Morgan fingerprint density at radius 2 is 1.59 bits per heavy atom. The quantitative estimate of drug-likeness (QED) is 0.237. The highest BCUT2D eigenvalue weighted by Gasteiger charge is 2.14. The molecule has 0 radical (unpaired) electrons. The first-order valence-electron chi connectivity index (χ1n) is 10.5. The predicted octanol–water partition coefficient (Wildman–Crippen LogP) is 4.48. The van der Waals surface area contributed by atoms with Crippen molar-refractivity contribution in [3.8, 4) is 12.3 Å². The van der Waals surface area contributed by atoms with Crippen LogP contribution in [-0.2, 0) is 11.3 Å². The van der Waals surface area contributed by atoms with E-state index < -0.39 is 11.9 Å². The van der Waals surface area contributed by atoms with E-state index in [-0.39, 0.29) is 18.9 Å². The van der Waals surface area contributed by atoms with Crippen molar-refractivity contribution in [1.29, 1.82) is 0 Å². The number of nitrogens with zero attached hydrogens (tertiary/aromatic N) is 2. The first-order valence-corrected chi connectivity index (χ1v) is 11.4. The second-order valence-corrected chi connectivity index (χ2v) is 8.28. The van der Waals surface area contributed by atoms with Crippen molar-refractivity contribution < 1.29 is 19.1 Å². The second-order valence-electron chi connectivity index (χ2n) is 7.27. The molecule has 0 aliphatic heterocycles. The van der Waals surface area contributed by atoms with Crippen LogP contribution in [0.5, 0.6) is 0 Å². The van der Waals surface area contributed by atoms with Gasteiger partial charge in [-0.15, -0.1) is 6.42 Å². The summed E-state index contributed by atoms with van der Waals surface area (Å²) in [5.41, 5.74) is 2.60. The van der Waals surface area contributed by atoms with Gasteiger partial charge in [-0.2, -0.15) is 4.99 Å². The van der Waals surface area contributed by atoms with Crippen LogP contribution < -0.4 is 4.80 Å². The molecule has 0 N–H and O–H groups in total. The van der Waals surface area contributed by atoms with E-state index in [1.165, 1.54) is 11.3 Å². The van der Waals surface area contributed by atoms with Crippen molar-refractivity contribution in [2.45, 2.75) is 13.5 Å². The highest BCUT2D eigenvalue weighted by atomic mass is 32.1. The molecule has 0 bridgehead atoms. The molecule has 1 aromatic heterocycles. The molecule has 4 aromatic rings. The Hall–Kier alpha value is -4.28. The third-order valence-corrected chi connectivity index (χ3v) is 6.11. The number of rotatable bonds is 6. The van der Waals surface area contributed by atoms with Gasteiger partial charge in [0.25, 0.3) is 5.91 Å². The highest BCUT2D eigenvalue weighted by Crippen LogP contribution is 2.20. The SMILES string of the molecule is C#CCn1c(=NC(=O)c2ccc(C(=O)c3ccccc3)cc2)sc2cc(C(=O)OCC)ccc21. The van der Waals surface area contributed by atoms with Gasteiger partial charge < -0.3 is 9.30 Å². The van der Waals surface area contributed by atoms with Gasteiger partial charge >= 0.3 is 5.97 Å². The number of hydrogen-bond acceptors (Lipinski definition) is 5. The third kappa shape index (κ3) is 4.72. The van der Waals surface area contributed by atoms with E-state index in [4.69, 9.17) is 11.2 Å². The monoisotopic (exact) mass is 468 g/mol. The third-order valence-electron chi connectivity index (χ3n) is 5.07. The molecule has 4 rings (SSSR count). The standard InChI is InChI=1S/C27H20N2O4S/c1-3-16-29-22-15-14-21(26(32)33-4-2)17-23(22)34-27(29)28-25(31)20-12-10-19(11-13-20)24(30)18-8-6-5-7-9-18/h1,5-15,17H,4,16H2,2H3. The molecule has 0 saturated heterocycles. The number of thiazole rings is 1. The Balaban J connectivity index is 1.66. The van der Waals surface area contributed by atoms with E-state index in [1.807, 2.05) is 6.07 Å². The fraction of sp³-hybridized carbons (Fsp3) is 0.111. The van der Waals surface area contributed by atoms with Crippen LogP contribution in [0.3, 0.4) is 0 Å². The van der Waals surface area contributed by atoms with Crippen LogP contribution in [0.4, 0.5) is 0 Å². The first-order chi connectivity index (χ1) is 16.5. The maximum Gasteiger partial charge on any atom is 0.338 e. The number of carbonyl (C=O) groups excluding carboxylic acids is 3. The van der Waals surface area contributed by atoms with Crippen molar-refractivity contribution in [2.75, 3.05) is 6.61 Å². The summed E-state index contributed by atoms with van der Waals surface area (Å²) in [5.74, 6) is 1.59. The topological polar surface area (TPSA) is 77.7 Å². The molecule has 0 fully saturated rings. The highest BCUT2D eigenvalue weighted by molar-refractivity contribution is 7.16.